The Kier molecular flexibility index (Phi) is 6.55. The Labute approximate surface area is 190 Å². The predicted octanol–water partition coefficient (Wildman–Crippen LogP) is 4.34. The van der Waals surface area contributed by atoms with E-state index in [1.165, 1.54) is 13.2 Å². The highest BCUT2D eigenvalue weighted by atomic mass is 32.2. The first-order chi connectivity index (χ1) is 15.9. The summed E-state index contributed by atoms with van der Waals surface area (Å²) < 4.78 is 48.4. The molecule has 0 radical (unpaired) electrons. The van der Waals surface area contributed by atoms with Gasteiger partial charge in [-0.3, -0.25) is 9.59 Å². The Morgan fingerprint density at radius 3 is 2.70 bits per heavy atom. The average molecular weight is 476 g/mol. The van der Waals surface area contributed by atoms with Crippen molar-refractivity contribution in [3.8, 4) is 17.2 Å². The van der Waals surface area contributed by atoms with E-state index in [1.807, 2.05) is 0 Å². The SMILES string of the molecule is COC(=O)C[C@H](c1ccc2c(c1)OCO2)c1oc(CSc2ccc(F)cc2F)cc(=O)c1O. The number of hydrogen-bond donors (Lipinski definition) is 1. The fraction of sp³-hybridized carbons (Fsp3) is 0.217. The van der Waals surface area contributed by atoms with Gasteiger partial charge in [0, 0.05) is 17.0 Å². The van der Waals surface area contributed by atoms with E-state index in [0.29, 0.717) is 17.1 Å². The summed E-state index contributed by atoms with van der Waals surface area (Å²) in [6.07, 6.45) is -0.226. The van der Waals surface area contributed by atoms with Crippen molar-refractivity contribution in [3.05, 3.63) is 81.4 Å². The topological polar surface area (TPSA) is 95.2 Å². The summed E-state index contributed by atoms with van der Waals surface area (Å²) in [6.45, 7) is 0.0490. The molecule has 0 saturated heterocycles. The highest BCUT2D eigenvalue weighted by molar-refractivity contribution is 7.98. The molecule has 3 aromatic rings. The minimum atomic E-state index is -0.868. The van der Waals surface area contributed by atoms with Crippen LogP contribution in [0.1, 0.15) is 29.4 Å². The fourth-order valence-electron chi connectivity index (χ4n) is 3.35. The van der Waals surface area contributed by atoms with Gasteiger partial charge in [0.1, 0.15) is 17.4 Å². The second-order valence-electron chi connectivity index (χ2n) is 7.10. The molecule has 2 heterocycles. The van der Waals surface area contributed by atoms with E-state index < -0.39 is 34.7 Å². The monoisotopic (exact) mass is 476 g/mol. The molecule has 0 aliphatic carbocycles. The summed E-state index contributed by atoms with van der Waals surface area (Å²) in [5, 5.41) is 10.5. The van der Waals surface area contributed by atoms with Crippen LogP contribution < -0.4 is 14.9 Å². The van der Waals surface area contributed by atoms with Crippen LogP contribution in [-0.4, -0.2) is 25.0 Å². The molecule has 7 nitrogen and oxygen atoms in total. The molecule has 2 aromatic carbocycles. The van der Waals surface area contributed by atoms with Crippen LogP contribution in [0.25, 0.3) is 0 Å². The molecule has 10 heteroatoms. The van der Waals surface area contributed by atoms with Gasteiger partial charge in [-0.15, -0.1) is 11.8 Å². The third kappa shape index (κ3) is 4.95. The zero-order chi connectivity index (χ0) is 23.5. The first kappa shape index (κ1) is 22.7. The molecule has 1 aromatic heterocycles. The van der Waals surface area contributed by atoms with Gasteiger partial charge in [-0.05, 0) is 29.8 Å². The summed E-state index contributed by atoms with van der Waals surface area (Å²) in [4.78, 5) is 24.7. The Bertz CT molecular complexity index is 1260. The molecule has 0 saturated carbocycles. The predicted molar refractivity (Wildman–Crippen MR) is 114 cm³/mol. The molecule has 4 rings (SSSR count). The van der Waals surface area contributed by atoms with E-state index in [1.54, 1.807) is 18.2 Å². The number of benzene rings is 2. The van der Waals surface area contributed by atoms with E-state index in [0.717, 1.165) is 30.0 Å². The van der Waals surface area contributed by atoms with Crippen LogP contribution in [0.15, 0.2) is 56.6 Å². The van der Waals surface area contributed by atoms with Gasteiger partial charge in [-0.25, -0.2) is 8.78 Å². The van der Waals surface area contributed by atoms with E-state index in [2.05, 4.69) is 0 Å². The highest BCUT2D eigenvalue weighted by Crippen LogP contribution is 2.40. The molecule has 1 aliphatic rings. The second-order valence-corrected chi connectivity index (χ2v) is 8.12. The van der Waals surface area contributed by atoms with E-state index >= 15 is 0 Å². The summed E-state index contributed by atoms with van der Waals surface area (Å²) in [5.41, 5.74) is -0.195. The van der Waals surface area contributed by atoms with Gasteiger partial charge in [0.25, 0.3) is 0 Å². The summed E-state index contributed by atoms with van der Waals surface area (Å²) >= 11 is 0.990. The number of halogens is 2. The van der Waals surface area contributed by atoms with Crippen molar-refractivity contribution in [2.75, 3.05) is 13.9 Å². The maximum Gasteiger partial charge on any atom is 0.306 e. The lowest BCUT2D eigenvalue weighted by atomic mass is 9.92. The van der Waals surface area contributed by atoms with Crippen molar-refractivity contribution in [3.63, 3.8) is 0 Å². The van der Waals surface area contributed by atoms with E-state index in [4.69, 9.17) is 18.6 Å². The Morgan fingerprint density at radius 1 is 1.15 bits per heavy atom. The zero-order valence-corrected chi connectivity index (χ0v) is 18.1. The highest BCUT2D eigenvalue weighted by Gasteiger charge is 2.28. The minimum Gasteiger partial charge on any atom is -0.502 e. The lowest BCUT2D eigenvalue weighted by Gasteiger charge is -2.18. The largest absolute Gasteiger partial charge is 0.502 e. The van der Waals surface area contributed by atoms with Crippen LogP contribution in [0.5, 0.6) is 17.2 Å². The van der Waals surface area contributed by atoms with Crippen molar-refractivity contribution in [2.45, 2.75) is 23.0 Å². The van der Waals surface area contributed by atoms with Gasteiger partial charge < -0.3 is 23.7 Å². The van der Waals surface area contributed by atoms with Crippen LogP contribution >= 0.6 is 11.8 Å². The Morgan fingerprint density at radius 2 is 1.94 bits per heavy atom. The van der Waals surface area contributed by atoms with Crippen molar-refractivity contribution in [1.82, 2.24) is 0 Å². The van der Waals surface area contributed by atoms with Gasteiger partial charge in [0.2, 0.25) is 18.0 Å². The summed E-state index contributed by atoms with van der Waals surface area (Å²) in [6, 6.07) is 9.18. The third-order valence-corrected chi connectivity index (χ3v) is 6.05. The molecule has 0 bridgehead atoms. The van der Waals surface area contributed by atoms with Crippen LogP contribution in [-0.2, 0) is 15.3 Å². The van der Waals surface area contributed by atoms with Gasteiger partial charge in [0.05, 0.1) is 25.2 Å². The molecule has 1 aliphatic heterocycles. The summed E-state index contributed by atoms with van der Waals surface area (Å²) in [7, 11) is 1.22. The van der Waals surface area contributed by atoms with Gasteiger partial charge in [-0.2, -0.15) is 0 Å². The lowest BCUT2D eigenvalue weighted by molar-refractivity contribution is -0.140. The molecular formula is C23H18F2O7S. The number of aromatic hydroxyl groups is 1. The van der Waals surface area contributed by atoms with Crippen molar-refractivity contribution >= 4 is 17.7 Å². The standard InChI is InChI=1S/C23H18F2O7S/c1-29-21(27)9-15(12-2-4-18-19(6-12)31-11-30-18)23-22(28)17(26)8-14(32-23)10-33-20-5-3-13(24)7-16(20)25/h2-8,15,28H,9-11H2,1H3/t15-/m1/s1. The number of carbonyl (C=O) groups excluding carboxylic acids is 1. The van der Waals surface area contributed by atoms with Crippen molar-refractivity contribution < 1.29 is 37.3 Å². The van der Waals surface area contributed by atoms with Crippen LogP contribution in [0, 0.1) is 11.6 Å². The van der Waals surface area contributed by atoms with E-state index in [-0.39, 0.29) is 35.4 Å². The molecule has 1 atom stereocenters. The quantitative estimate of drug-likeness (QED) is 0.398. The maximum absolute atomic E-state index is 14.0. The van der Waals surface area contributed by atoms with Crippen molar-refractivity contribution in [1.29, 1.82) is 0 Å². The fourth-order valence-corrected chi connectivity index (χ4v) is 4.15. The maximum atomic E-state index is 14.0. The molecule has 0 fully saturated rings. The Balaban J connectivity index is 1.69. The number of esters is 1. The number of rotatable bonds is 7. The number of carbonyl (C=O) groups is 1. The number of hydrogen-bond acceptors (Lipinski definition) is 8. The van der Waals surface area contributed by atoms with Crippen LogP contribution in [0.2, 0.25) is 0 Å². The molecule has 172 valence electrons. The lowest BCUT2D eigenvalue weighted by Crippen LogP contribution is -2.14. The van der Waals surface area contributed by atoms with Gasteiger partial charge in [-0.1, -0.05) is 6.07 Å². The number of fused-ring (bicyclic) bond motifs is 1. The Hall–Kier alpha value is -3.53. The molecule has 33 heavy (non-hydrogen) atoms. The third-order valence-electron chi connectivity index (χ3n) is 4.98. The second kappa shape index (κ2) is 9.53. The van der Waals surface area contributed by atoms with Gasteiger partial charge in [0.15, 0.2) is 17.3 Å². The number of thioether (sulfide) groups is 1. The zero-order valence-electron chi connectivity index (χ0n) is 17.3. The smallest absolute Gasteiger partial charge is 0.306 e. The first-order valence-corrected chi connectivity index (χ1v) is 10.7. The molecule has 0 spiro atoms. The number of ether oxygens (including phenoxy) is 3. The van der Waals surface area contributed by atoms with E-state index in [9.17, 15) is 23.5 Å². The number of methoxy groups -OCH3 is 1. The van der Waals surface area contributed by atoms with Crippen LogP contribution in [0.3, 0.4) is 0 Å². The van der Waals surface area contributed by atoms with Crippen molar-refractivity contribution in [2.24, 2.45) is 0 Å². The average Bonchev–Trinajstić information content (AvgIpc) is 3.27. The minimum absolute atomic E-state index is 0.0250. The molecule has 0 unspecified atom stereocenters. The molecule has 0 amide bonds. The van der Waals surface area contributed by atoms with Gasteiger partial charge >= 0.3 is 5.97 Å². The summed E-state index contributed by atoms with van der Waals surface area (Å²) in [5.74, 6) is -2.57. The normalized spacial score (nSPS) is 13.1. The molecule has 1 N–H and O–H groups in total. The molecular weight excluding hydrogens is 458 g/mol. The first-order valence-electron chi connectivity index (χ1n) is 9.75. The van der Waals surface area contributed by atoms with Crippen LogP contribution in [0.4, 0.5) is 8.78 Å².